The van der Waals surface area contributed by atoms with Gasteiger partial charge in [0.25, 0.3) is 0 Å². The van der Waals surface area contributed by atoms with Crippen LogP contribution in [0.25, 0.3) is 0 Å². The Balaban J connectivity index is 2.16. The molecular formula is C24H30N4O9. The fourth-order valence-electron chi connectivity index (χ4n) is 3.26. The topological polar surface area (TPSA) is 232 Å². The number of hydrogen-bond acceptors (Lipinski definition) is 9. The second kappa shape index (κ2) is 13.8. The lowest BCUT2D eigenvalue weighted by molar-refractivity contribution is -0.143. The summed E-state index contributed by atoms with van der Waals surface area (Å²) in [6, 6.07) is 6.29. The van der Waals surface area contributed by atoms with Gasteiger partial charge in [-0.2, -0.15) is 0 Å². The number of phenols is 2. The van der Waals surface area contributed by atoms with Crippen LogP contribution in [0.2, 0.25) is 0 Å². The molecule has 13 nitrogen and oxygen atoms in total. The number of hydrogen-bond donors (Lipinski definition) is 9. The molecule has 13 heteroatoms. The van der Waals surface area contributed by atoms with Crippen molar-refractivity contribution in [1.82, 2.24) is 16.0 Å². The minimum Gasteiger partial charge on any atom is -0.508 e. The molecule has 0 saturated heterocycles. The van der Waals surface area contributed by atoms with Crippen LogP contribution < -0.4 is 21.7 Å². The zero-order valence-corrected chi connectivity index (χ0v) is 19.7. The monoisotopic (exact) mass is 518 g/mol. The first-order valence-electron chi connectivity index (χ1n) is 11.2. The van der Waals surface area contributed by atoms with Gasteiger partial charge in [-0.15, -0.1) is 0 Å². The molecule has 2 aromatic rings. The Morgan fingerprint density at radius 1 is 0.649 bits per heavy atom. The molecular weight excluding hydrogens is 488 g/mol. The van der Waals surface area contributed by atoms with Crippen molar-refractivity contribution in [2.45, 2.75) is 37.0 Å². The van der Waals surface area contributed by atoms with Gasteiger partial charge in [-0.25, -0.2) is 4.79 Å². The lowest BCUT2D eigenvalue weighted by Gasteiger charge is -2.24. The van der Waals surface area contributed by atoms with Gasteiger partial charge < -0.3 is 47.2 Å². The van der Waals surface area contributed by atoms with Crippen LogP contribution >= 0.6 is 0 Å². The van der Waals surface area contributed by atoms with Crippen LogP contribution in [-0.4, -0.2) is 86.6 Å². The molecule has 0 aliphatic carbocycles. The number of aliphatic hydroxyl groups is 2. The summed E-state index contributed by atoms with van der Waals surface area (Å²) in [5.74, 6) is -4.11. The van der Waals surface area contributed by atoms with E-state index in [1.165, 1.54) is 36.4 Å². The van der Waals surface area contributed by atoms with Crippen LogP contribution in [0.5, 0.6) is 11.5 Å². The fourth-order valence-corrected chi connectivity index (χ4v) is 3.26. The number of aliphatic hydroxyl groups excluding tert-OH is 2. The summed E-state index contributed by atoms with van der Waals surface area (Å²) in [5.41, 5.74) is 7.20. The smallest absolute Gasteiger partial charge is 0.328 e. The minimum atomic E-state index is -1.65. The summed E-state index contributed by atoms with van der Waals surface area (Å²) in [6.45, 7) is -1.80. The van der Waals surface area contributed by atoms with E-state index in [9.17, 15) is 34.5 Å². The van der Waals surface area contributed by atoms with E-state index in [0.29, 0.717) is 11.1 Å². The highest BCUT2D eigenvalue weighted by molar-refractivity contribution is 5.94. The second-order valence-electron chi connectivity index (χ2n) is 8.23. The average molecular weight is 519 g/mol. The standard InChI is InChI=1S/C24H30N4O9/c25-17(9-13-1-5-15(31)6-2-13)21(33)26-18(10-14-3-7-16(32)8-4-14)22(34)27-19(11-29)23(35)28-20(12-30)24(36)37/h1-8,17-20,29-32H,9-12,25H2,(H,26,33)(H,27,34)(H,28,35)(H,36,37). The molecule has 0 aliphatic rings. The molecule has 2 rings (SSSR count). The molecule has 0 aliphatic heterocycles. The number of aliphatic carboxylic acids is 1. The third kappa shape index (κ3) is 9.07. The van der Waals surface area contributed by atoms with Crippen molar-refractivity contribution in [3.63, 3.8) is 0 Å². The molecule has 10 N–H and O–H groups in total. The molecule has 2 aromatic carbocycles. The summed E-state index contributed by atoms with van der Waals surface area (Å²) in [4.78, 5) is 49.2. The highest BCUT2D eigenvalue weighted by Crippen LogP contribution is 2.13. The van der Waals surface area contributed by atoms with Crippen LogP contribution in [0.3, 0.4) is 0 Å². The first-order valence-corrected chi connectivity index (χ1v) is 11.2. The quantitative estimate of drug-likeness (QED) is 0.138. The van der Waals surface area contributed by atoms with Gasteiger partial charge in [-0.1, -0.05) is 24.3 Å². The largest absolute Gasteiger partial charge is 0.508 e. The third-order valence-corrected chi connectivity index (χ3v) is 5.35. The molecule has 4 atom stereocenters. The van der Waals surface area contributed by atoms with Gasteiger partial charge in [0.2, 0.25) is 17.7 Å². The number of benzene rings is 2. The highest BCUT2D eigenvalue weighted by atomic mass is 16.4. The minimum absolute atomic E-state index is 0.0152. The maximum Gasteiger partial charge on any atom is 0.328 e. The zero-order valence-electron chi connectivity index (χ0n) is 19.7. The number of carbonyl (C=O) groups is 4. The molecule has 3 amide bonds. The maximum atomic E-state index is 13.0. The van der Waals surface area contributed by atoms with Gasteiger partial charge >= 0.3 is 5.97 Å². The van der Waals surface area contributed by atoms with E-state index in [1.807, 2.05) is 5.32 Å². The van der Waals surface area contributed by atoms with Crippen molar-refractivity contribution in [1.29, 1.82) is 0 Å². The first kappa shape index (κ1) is 29.0. The summed E-state index contributed by atoms with van der Waals surface area (Å²) < 4.78 is 0. The summed E-state index contributed by atoms with van der Waals surface area (Å²) in [5, 5.41) is 53.3. The molecule has 0 aromatic heterocycles. The Hall–Kier alpha value is -4.20. The molecule has 0 spiro atoms. The Bertz CT molecular complexity index is 1080. The van der Waals surface area contributed by atoms with Crippen molar-refractivity contribution in [2.75, 3.05) is 13.2 Å². The highest BCUT2D eigenvalue weighted by Gasteiger charge is 2.30. The van der Waals surface area contributed by atoms with Crippen LogP contribution in [0, 0.1) is 0 Å². The first-order chi connectivity index (χ1) is 17.5. The molecule has 0 fully saturated rings. The number of aromatic hydroxyl groups is 2. The van der Waals surface area contributed by atoms with E-state index >= 15 is 0 Å². The van der Waals surface area contributed by atoms with Crippen molar-refractivity contribution < 1.29 is 44.7 Å². The lowest BCUT2D eigenvalue weighted by atomic mass is 10.0. The molecule has 0 saturated carbocycles. The number of rotatable bonds is 13. The van der Waals surface area contributed by atoms with Gasteiger partial charge in [-0.05, 0) is 41.8 Å². The molecule has 0 heterocycles. The maximum absolute atomic E-state index is 13.0. The summed E-state index contributed by atoms with van der Waals surface area (Å²) in [6.07, 6.45) is 0.0248. The predicted octanol–water partition coefficient (Wildman–Crippen LogP) is -2.27. The number of carboxylic acids is 1. The Morgan fingerprint density at radius 2 is 1.05 bits per heavy atom. The zero-order chi connectivity index (χ0) is 27.5. The number of amides is 3. The molecule has 37 heavy (non-hydrogen) atoms. The number of nitrogens with one attached hydrogen (secondary N) is 3. The van der Waals surface area contributed by atoms with E-state index in [4.69, 9.17) is 15.9 Å². The van der Waals surface area contributed by atoms with Crippen LogP contribution in [-0.2, 0) is 32.0 Å². The summed E-state index contributed by atoms with van der Waals surface area (Å²) in [7, 11) is 0. The van der Waals surface area contributed by atoms with Gasteiger partial charge in [0.15, 0.2) is 0 Å². The number of carbonyl (C=O) groups excluding carboxylic acids is 3. The molecule has 0 radical (unpaired) electrons. The van der Waals surface area contributed by atoms with Crippen LogP contribution in [0.1, 0.15) is 11.1 Å². The third-order valence-electron chi connectivity index (χ3n) is 5.35. The van der Waals surface area contributed by atoms with E-state index in [0.717, 1.165) is 0 Å². The molecule has 4 unspecified atom stereocenters. The van der Waals surface area contributed by atoms with Crippen LogP contribution in [0.4, 0.5) is 0 Å². The van der Waals surface area contributed by atoms with E-state index in [2.05, 4.69) is 10.6 Å². The van der Waals surface area contributed by atoms with Crippen molar-refractivity contribution in [3.05, 3.63) is 59.7 Å². The number of nitrogens with two attached hydrogens (primary N) is 1. The molecule has 200 valence electrons. The Kier molecular flexibility index (Phi) is 10.8. The predicted molar refractivity (Wildman–Crippen MR) is 129 cm³/mol. The van der Waals surface area contributed by atoms with Crippen molar-refractivity contribution in [2.24, 2.45) is 5.73 Å². The number of carboxylic acid groups (broad SMARTS) is 1. The fraction of sp³-hybridized carbons (Fsp3) is 0.333. The van der Waals surface area contributed by atoms with E-state index < -0.39 is 61.1 Å². The van der Waals surface area contributed by atoms with Crippen molar-refractivity contribution in [3.8, 4) is 11.5 Å². The number of phenolic OH excluding ortho intramolecular Hbond substituents is 2. The SMILES string of the molecule is NC(Cc1ccc(O)cc1)C(=O)NC(Cc1ccc(O)cc1)C(=O)NC(CO)C(=O)NC(CO)C(=O)O. The second-order valence-corrected chi connectivity index (χ2v) is 8.23. The van der Waals surface area contributed by atoms with Gasteiger partial charge in [0, 0.05) is 6.42 Å². The van der Waals surface area contributed by atoms with E-state index in [1.54, 1.807) is 12.1 Å². The van der Waals surface area contributed by atoms with Crippen LogP contribution in [0.15, 0.2) is 48.5 Å². The Morgan fingerprint density at radius 3 is 1.51 bits per heavy atom. The normalized spacial score (nSPS) is 14.0. The van der Waals surface area contributed by atoms with E-state index in [-0.39, 0.29) is 24.3 Å². The summed E-state index contributed by atoms with van der Waals surface area (Å²) >= 11 is 0. The van der Waals surface area contributed by atoms with Crippen molar-refractivity contribution >= 4 is 23.7 Å². The lowest BCUT2D eigenvalue weighted by Crippen LogP contribution is -2.59. The van der Waals surface area contributed by atoms with Gasteiger partial charge in [-0.3, -0.25) is 14.4 Å². The average Bonchev–Trinajstić information content (AvgIpc) is 2.87. The molecule has 0 bridgehead atoms. The Labute approximate surface area is 211 Å². The van der Waals surface area contributed by atoms with Gasteiger partial charge in [0.05, 0.1) is 19.3 Å². The van der Waals surface area contributed by atoms with Gasteiger partial charge in [0.1, 0.15) is 29.6 Å².